The van der Waals surface area contributed by atoms with Crippen LogP contribution >= 0.6 is 0 Å². The third-order valence-electron chi connectivity index (χ3n) is 2.25. The Balaban J connectivity index is 2.26. The minimum atomic E-state index is -0.00817. The molecule has 1 aromatic rings. The number of carbonyl (C=O) groups excluding carboxylic acids is 1. The summed E-state index contributed by atoms with van der Waals surface area (Å²) in [5.74, 6) is 3.14. The number of aromatic amines is 1. The van der Waals surface area contributed by atoms with E-state index in [1.165, 1.54) is 0 Å². The molecule has 0 bridgehead atoms. The van der Waals surface area contributed by atoms with Gasteiger partial charge in [-0.25, -0.2) is 0 Å². The molecule has 0 aliphatic heterocycles. The smallest absolute Gasteiger partial charge is 0.225 e. The SMILES string of the molecule is C#CCCCCC(=O)Nc1cc(CC)[nH]n1. The molecule has 0 unspecified atom stereocenters. The maximum absolute atomic E-state index is 11.5. The molecular formula is C12H17N3O. The van der Waals surface area contributed by atoms with Crippen molar-refractivity contribution >= 4 is 11.7 Å². The predicted octanol–water partition coefficient (Wildman–Crippen LogP) is 2.10. The van der Waals surface area contributed by atoms with Crippen molar-refractivity contribution in [2.45, 2.75) is 39.0 Å². The standard InChI is InChI=1S/C12H17N3O/c1-3-5-6-7-8-12(16)13-11-9-10(4-2)14-15-11/h1,9H,4-8H2,2H3,(H2,13,14,15,16). The first-order valence-corrected chi connectivity index (χ1v) is 5.54. The van der Waals surface area contributed by atoms with E-state index in [1.54, 1.807) is 0 Å². The van der Waals surface area contributed by atoms with Crippen LogP contribution in [-0.2, 0) is 11.2 Å². The second-order valence-electron chi connectivity index (χ2n) is 3.59. The van der Waals surface area contributed by atoms with Crippen molar-refractivity contribution in [3.8, 4) is 12.3 Å². The van der Waals surface area contributed by atoms with Crippen LogP contribution in [0.4, 0.5) is 5.82 Å². The molecule has 0 aliphatic rings. The minimum Gasteiger partial charge on any atom is -0.309 e. The van der Waals surface area contributed by atoms with Crippen LogP contribution in [0.1, 0.15) is 38.3 Å². The average molecular weight is 219 g/mol. The largest absolute Gasteiger partial charge is 0.309 e. The number of carbonyl (C=O) groups is 1. The lowest BCUT2D eigenvalue weighted by molar-refractivity contribution is -0.116. The summed E-state index contributed by atoms with van der Waals surface area (Å²) >= 11 is 0. The van der Waals surface area contributed by atoms with Gasteiger partial charge in [0, 0.05) is 24.6 Å². The summed E-state index contributed by atoms with van der Waals surface area (Å²) < 4.78 is 0. The first kappa shape index (κ1) is 12.3. The van der Waals surface area contributed by atoms with Crippen molar-refractivity contribution in [3.63, 3.8) is 0 Å². The molecule has 1 heterocycles. The average Bonchev–Trinajstić information content (AvgIpc) is 2.72. The summed E-state index contributed by atoms with van der Waals surface area (Å²) in [7, 11) is 0. The van der Waals surface area contributed by atoms with E-state index in [-0.39, 0.29) is 5.91 Å². The van der Waals surface area contributed by atoms with Gasteiger partial charge in [0.1, 0.15) is 0 Å². The van der Waals surface area contributed by atoms with Gasteiger partial charge in [-0.3, -0.25) is 9.89 Å². The van der Waals surface area contributed by atoms with E-state index in [4.69, 9.17) is 6.42 Å². The lowest BCUT2D eigenvalue weighted by atomic mass is 10.2. The van der Waals surface area contributed by atoms with Gasteiger partial charge in [-0.05, 0) is 19.3 Å². The predicted molar refractivity (Wildman–Crippen MR) is 63.9 cm³/mol. The van der Waals surface area contributed by atoms with Crippen LogP contribution in [0.2, 0.25) is 0 Å². The van der Waals surface area contributed by atoms with Crippen LogP contribution in [0.5, 0.6) is 0 Å². The third-order valence-corrected chi connectivity index (χ3v) is 2.25. The highest BCUT2D eigenvalue weighted by Crippen LogP contribution is 2.07. The molecule has 0 fully saturated rings. The van der Waals surface area contributed by atoms with Gasteiger partial charge in [0.05, 0.1) is 0 Å². The van der Waals surface area contributed by atoms with Gasteiger partial charge in [0.2, 0.25) is 5.91 Å². The minimum absolute atomic E-state index is 0.00817. The van der Waals surface area contributed by atoms with Crippen molar-refractivity contribution in [2.75, 3.05) is 5.32 Å². The van der Waals surface area contributed by atoms with E-state index in [9.17, 15) is 4.79 Å². The van der Waals surface area contributed by atoms with Gasteiger partial charge in [-0.1, -0.05) is 6.92 Å². The van der Waals surface area contributed by atoms with Gasteiger partial charge >= 0.3 is 0 Å². The van der Waals surface area contributed by atoms with Crippen molar-refractivity contribution in [2.24, 2.45) is 0 Å². The molecule has 4 nitrogen and oxygen atoms in total. The second-order valence-corrected chi connectivity index (χ2v) is 3.59. The van der Waals surface area contributed by atoms with E-state index in [1.807, 2.05) is 13.0 Å². The van der Waals surface area contributed by atoms with E-state index >= 15 is 0 Å². The summed E-state index contributed by atoms with van der Waals surface area (Å²) in [6, 6.07) is 1.85. The lowest BCUT2D eigenvalue weighted by Gasteiger charge is -2.00. The monoisotopic (exact) mass is 219 g/mol. The van der Waals surface area contributed by atoms with E-state index < -0.39 is 0 Å². The Kier molecular flexibility index (Phi) is 5.13. The molecule has 0 aromatic carbocycles. The molecule has 0 atom stereocenters. The van der Waals surface area contributed by atoms with E-state index in [2.05, 4.69) is 21.4 Å². The number of unbranched alkanes of at least 4 members (excludes halogenated alkanes) is 2. The number of H-pyrrole nitrogens is 1. The Morgan fingerprint density at radius 1 is 1.62 bits per heavy atom. The van der Waals surface area contributed by atoms with Gasteiger partial charge in [-0.2, -0.15) is 5.10 Å². The Bertz CT molecular complexity index is 376. The van der Waals surface area contributed by atoms with Crippen LogP contribution in [0, 0.1) is 12.3 Å². The number of amides is 1. The fourth-order valence-corrected chi connectivity index (χ4v) is 1.32. The topological polar surface area (TPSA) is 57.8 Å². The summed E-state index contributed by atoms with van der Waals surface area (Å²) in [6.45, 7) is 2.03. The van der Waals surface area contributed by atoms with Crippen LogP contribution in [0.3, 0.4) is 0 Å². The molecule has 16 heavy (non-hydrogen) atoms. The zero-order valence-corrected chi connectivity index (χ0v) is 9.55. The van der Waals surface area contributed by atoms with E-state index in [0.29, 0.717) is 12.2 Å². The molecule has 1 aromatic heterocycles. The highest BCUT2D eigenvalue weighted by atomic mass is 16.1. The summed E-state index contributed by atoms with van der Waals surface area (Å²) in [5.41, 5.74) is 1.02. The molecule has 0 saturated carbocycles. The zero-order valence-electron chi connectivity index (χ0n) is 9.55. The van der Waals surface area contributed by atoms with Crippen molar-refractivity contribution in [1.29, 1.82) is 0 Å². The Morgan fingerprint density at radius 2 is 2.44 bits per heavy atom. The number of aromatic nitrogens is 2. The van der Waals surface area contributed by atoms with Crippen LogP contribution < -0.4 is 5.32 Å². The first-order valence-electron chi connectivity index (χ1n) is 5.54. The summed E-state index contributed by atoms with van der Waals surface area (Å²) in [4.78, 5) is 11.5. The number of anilines is 1. The first-order chi connectivity index (χ1) is 7.76. The molecule has 0 saturated heterocycles. The summed E-state index contributed by atoms with van der Waals surface area (Å²) in [5, 5.41) is 9.57. The number of nitrogens with zero attached hydrogens (tertiary/aromatic N) is 1. The lowest BCUT2D eigenvalue weighted by Crippen LogP contribution is -2.11. The molecule has 1 amide bonds. The van der Waals surface area contributed by atoms with Crippen LogP contribution in [0.25, 0.3) is 0 Å². The summed E-state index contributed by atoms with van der Waals surface area (Å²) in [6.07, 6.45) is 8.94. The van der Waals surface area contributed by atoms with Crippen LogP contribution in [-0.4, -0.2) is 16.1 Å². The quantitative estimate of drug-likeness (QED) is 0.568. The highest BCUT2D eigenvalue weighted by Gasteiger charge is 2.04. The molecule has 4 heteroatoms. The number of hydrogen-bond donors (Lipinski definition) is 2. The Hall–Kier alpha value is -1.76. The fraction of sp³-hybridized carbons (Fsp3) is 0.500. The number of hydrogen-bond acceptors (Lipinski definition) is 2. The molecule has 0 radical (unpaired) electrons. The number of aryl methyl sites for hydroxylation is 1. The fourth-order valence-electron chi connectivity index (χ4n) is 1.32. The van der Waals surface area contributed by atoms with Crippen molar-refractivity contribution in [3.05, 3.63) is 11.8 Å². The molecule has 0 spiro atoms. The number of rotatable bonds is 6. The number of terminal acetylenes is 1. The van der Waals surface area contributed by atoms with Crippen molar-refractivity contribution < 1.29 is 4.79 Å². The molecule has 86 valence electrons. The van der Waals surface area contributed by atoms with E-state index in [0.717, 1.165) is 31.4 Å². The van der Waals surface area contributed by atoms with Gasteiger partial charge in [0.15, 0.2) is 5.82 Å². The second kappa shape index (κ2) is 6.67. The number of nitrogens with one attached hydrogen (secondary N) is 2. The molecule has 2 N–H and O–H groups in total. The highest BCUT2D eigenvalue weighted by molar-refractivity contribution is 5.89. The third kappa shape index (κ3) is 4.18. The molecular weight excluding hydrogens is 202 g/mol. The normalized spacial score (nSPS) is 9.75. The van der Waals surface area contributed by atoms with Crippen molar-refractivity contribution in [1.82, 2.24) is 10.2 Å². The Labute approximate surface area is 95.8 Å². The zero-order chi connectivity index (χ0) is 11.8. The molecule has 1 rings (SSSR count). The van der Waals surface area contributed by atoms with Gasteiger partial charge in [-0.15, -0.1) is 12.3 Å². The Morgan fingerprint density at radius 3 is 3.06 bits per heavy atom. The maximum Gasteiger partial charge on any atom is 0.225 e. The van der Waals surface area contributed by atoms with Gasteiger partial charge in [0.25, 0.3) is 0 Å². The maximum atomic E-state index is 11.5. The van der Waals surface area contributed by atoms with Gasteiger partial charge < -0.3 is 5.32 Å². The molecule has 0 aliphatic carbocycles. The van der Waals surface area contributed by atoms with Crippen LogP contribution in [0.15, 0.2) is 6.07 Å².